The van der Waals surface area contributed by atoms with E-state index in [0.717, 1.165) is 16.1 Å². The van der Waals surface area contributed by atoms with Crippen LogP contribution in [0.3, 0.4) is 0 Å². The molecule has 1 N–H and O–H groups in total. The van der Waals surface area contributed by atoms with Crippen molar-refractivity contribution in [3.63, 3.8) is 0 Å². The van der Waals surface area contributed by atoms with E-state index in [1.165, 1.54) is 31.3 Å². The smallest absolute Gasteiger partial charge is 0.244 e. The summed E-state index contributed by atoms with van der Waals surface area (Å²) in [7, 11) is -0.958. The van der Waals surface area contributed by atoms with Gasteiger partial charge in [-0.15, -0.1) is 0 Å². The summed E-state index contributed by atoms with van der Waals surface area (Å²) in [5.41, 5.74) is 0.985. The summed E-state index contributed by atoms with van der Waals surface area (Å²) in [6, 6.07) is 10.7. The first-order valence-corrected chi connectivity index (χ1v) is 13.3. The molecule has 0 aliphatic rings. The van der Waals surface area contributed by atoms with Crippen LogP contribution in [0, 0.1) is 0 Å². The van der Waals surface area contributed by atoms with Crippen molar-refractivity contribution >= 4 is 39.1 Å². The van der Waals surface area contributed by atoms with Gasteiger partial charge in [0.1, 0.15) is 12.6 Å². The molecule has 11 heteroatoms. The van der Waals surface area contributed by atoms with Crippen LogP contribution in [0.5, 0.6) is 11.5 Å². The Morgan fingerprint density at radius 2 is 1.66 bits per heavy atom. The number of anilines is 1. The number of amides is 2. The van der Waals surface area contributed by atoms with Gasteiger partial charge in [-0.3, -0.25) is 13.9 Å². The molecule has 35 heavy (non-hydrogen) atoms. The van der Waals surface area contributed by atoms with E-state index in [4.69, 9.17) is 21.1 Å². The van der Waals surface area contributed by atoms with Gasteiger partial charge >= 0.3 is 0 Å². The third kappa shape index (κ3) is 7.50. The Kier molecular flexibility index (Phi) is 10.2. The van der Waals surface area contributed by atoms with E-state index in [1.807, 2.05) is 0 Å². The number of likely N-dealkylation sites (N-methyl/N-ethyl adjacent to an activating group) is 1. The van der Waals surface area contributed by atoms with E-state index >= 15 is 0 Å². The zero-order chi connectivity index (χ0) is 26.2. The van der Waals surface area contributed by atoms with Crippen LogP contribution in [0.25, 0.3) is 0 Å². The van der Waals surface area contributed by atoms with E-state index < -0.39 is 28.5 Å². The van der Waals surface area contributed by atoms with Gasteiger partial charge in [-0.1, -0.05) is 30.7 Å². The Hall–Kier alpha value is -2.98. The van der Waals surface area contributed by atoms with E-state index in [1.54, 1.807) is 44.2 Å². The summed E-state index contributed by atoms with van der Waals surface area (Å²) >= 11 is 5.99. The highest BCUT2D eigenvalue weighted by atomic mass is 35.5. The average molecular weight is 526 g/mol. The van der Waals surface area contributed by atoms with Crippen molar-refractivity contribution < 1.29 is 27.5 Å². The predicted octanol–water partition coefficient (Wildman–Crippen LogP) is 3.07. The van der Waals surface area contributed by atoms with Gasteiger partial charge in [-0.05, 0) is 43.2 Å². The lowest BCUT2D eigenvalue weighted by Crippen LogP contribution is -2.52. The quantitative estimate of drug-likeness (QED) is 0.456. The second-order valence-corrected chi connectivity index (χ2v) is 10.1. The number of carbonyl (C=O) groups excluding carboxylic acids is 2. The monoisotopic (exact) mass is 525 g/mol. The second kappa shape index (κ2) is 12.6. The van der Waals surface area contributed by atoms with Crippen LogP contribution in [0.1, 0.15) is 25.8 Å². The fourth-order valence-electron chi connectivity index (χ4n) is 3.59. The molecule has 0 aromatic heterocycles. The lowest BCUT2D eigenvalue weighted by atomic mass is 10.1. The number of benzene rings is 2. The Morgan fingerprint density at radius 1 is 1.03 bits per heavy atom. The highest BCUT2D eigenvalue weighted by Gasteiger charge is 2.31. The highest BCUT2D eigenvalue weighted by Crippen LogP contribution is 2.32. The van der Waals surface area contributed by atoms with E-state index in [-0.39, 0.29) is 18.1 Å². The van der Waals surface area contributed by atoms with Crippen molar-refractivity contribution in [1.82, 2.24) is 10.2 Å². The fraction of sp³-hybridized carbons (Fsp3) is 0.417. The van der Waals surface area contributed by atoms with Crippen LogP contribution in [0.2, 0.25) is 5.02 Å². The Morgan fingerprint density at radius 3 is 2.17 bits per heavy atom. The maximum Gasteiger partial charge on any atom is 0.244 e. The van der Waals surface area contributed by atoms with Crippen LogP contribution in [0.4, 0.5) is 5.69 Å². The van der Waals surface area contributed by atoms with Crippen molar-refractivity contribution in [3.8, 4) is 11.5 Å². The van der Waals surface area contributed by atoms with Gasteiger partial charge in [0.2, 0.25) is 21.8 Å². The molecule has 2 aromatic carbocycles. The molecule has 0 heterocycles. The predicted molar refractivity (Wildman–Crippen MR) is 137 cm³/mol. The first-order valence-electron chi connectivity index (χ1n) is 11.1. The van der Waals surface area contributed by atoms with Gasteiger partial charge in [-0.25, -0.2) is 8.42 Å². The number of nitrogens with one attached hydrogen (secondary N) is 1. The lowest BCUT2D eigenvalue weighted by molar-refractivity contribution is -0.140. The molecule has 0 aliphatic heterocycles. The number of ether oxygens (including phenoxy) is 2. The molecule has 192 valence electrons. The number of halogens is 1. The minimum atomic E-state index is -3.86. The molecule has 0 unspecified atom stereocenters. The van der Waals surface area contributed by atoms with Crippen LogP contribution in [-0.4, -0.2) is 64.7 Å². The molecule has 0 fully saturated rings. The number of carbonyl (C=O) groups is 2. The Bertz CT molecular complexity index is 1120. The Labute approximate surface area is 212 Å². The molecule has 0 saturated carbocycles. The summed E-state index contributed by atoms with van der Waals surface area (Å²) in [6.45, 7) is 3.59. The molecule has 2 amide bonds. The molecule has 0 saturated heterocycles. The topological polar surface area (TPSA) is 105 Å². The van der Waals surface area contributed by atoms with Crippen LogP contribution >= 0.6 is 11.6 Å². The number of methoxy groups -OCH3 is 2. The first kappa shape index (κ1) is 28.3. The summed E-state index contributed by atoms with van der Waals surface area (Å²) < 4.78 is 36.9. The number of sulfonamides is 1. The minimum absolute atomic E-state index is 0.106. The van der Waals surface area contributed by atoms with Crippen LogP contribution in [0.15, 0.2) is 42.5 Å². The summed E-state index contributed by atoms with van der Waals surface area (Å²) in [4.78, 5) is 27.8. The number of rotatable bonds is 12. The molecule has 0 aliphatic carbocycles. The Balaban J connectivity index is 2.46. The van der Waals surface area contributed by atoms with Crippen LogP contribution in [-0.2, 0) is 26.2 Å². The van der Waals surface area contributed by atoms with Crippen molar-refractivity contribution in [2.45, 2.75) is 32.9 Å². The van der Waals surface area contributed by atoms with E-state index in [9.17, 15) is 18.0 Å². The third-order valence-corrected chi connectivity index (χ3v) is 6.73. The average Bonchev–Trinajstić information content (AvgIpc) is 2.82. The molecule has 1 atom stereocenters. The highest BCUT2D eigenvalue weighted by molar-refractivity contribution is 7.92. The molecule has 2 aromatic rings. The van der Waals surface area contributed by atoms with E-state index in [2.05, 4.69) is 5.32 Å². The van der Waals surface area contributed by atoms with Gasteiger partial charge in [0.25, 0.3) is 0 Å². The molecule has 2 rings (SSSR count). The molecular weight excluding hydrogens is 494 g/mol. The SMILES string of the molecule is CCNC(=O)[C@@H](CC)N(Cc1ccc(Cl)cc1)C(=O)CN(c1ccc(OC)c(OC)c1)S(C)(=O)=O. The number of hydrogen-bond acceptors (Lipinski definition) is 6. The maximum atomic E-state index is 13.6. The van der Waals surface area contributed by atoms with Crippen molar-refractivity contribution in [1.29, 1.82) is 0 Å². The van der Waals surface area contributed by atoms with Crippen molar-refractivity contribution in [3.05, 3.63) is 53.1 Å². The van der Waals surface area contributed by atoms with Crippen molar-refractivity contribution in [2.75, 3.05) is 37.9 Å². The molecule has 0 spiro atoms. The zero-order valence-electron chi connectivity index (χ0n) is 20.6. The molecular formula is C24H32ClN3O6S. The summed E-state index contributed by atoms with van der Waals surface area (Å²) in [6.07, 6.45) is 1.36. The fourth-order valence-corrected chi connectivity index (χ4v) is 4.56. The lowest BCUT2D eigenvalue weighted by Gasteiger charge is -2.33. The van der Waals surface area contributed by atoms with Gasteiger partial charge < -0.3 is 19.7 Å². The minimum Gasteiger partial charge on any atom is -0.493 e. The van der Waals surface area contributed by atoms with Gasteiger partial charge in [0.05, 0.1) is 26.2 Å². The summed E-state index contributed by atoms with van der Waals surface area (Å²) in [5, 5.41) is 3.29. The van der Waals surface area contributed by atoms with Gasteiger partial charge in [0, 0.05) is 24.2 Å². The van der Waals surface area contributed by atoms with Gasteiger partial charge in [0.15, 0.2) is 11.5 Å². The van der Waals surface area contributed by atoms with Crippen LogP contribution < -0.4 is 19.1 Å². The second-order valence-electron chi connectivity index (χ2n) is 7.78. The molecule has 0 radical (unpaired) electrons. The first-order chi connectivity index (χ1) is 16.5. The maximum absolute atomic E-state index is 13.6. The normalized spacial score (nSPS) is 11.9. The number of hydrogen-bond donors (Lipinski definition) is 1. The molecule has 0 bridgehead atoms. The third-order valence-electron chi connectivity index (χ3n) is 5.34. The largest absolute Gasteiger partial charge is 0.493 e. The standard InChI is InChI=1S/C24H32ClN3O6S/c1-6-20(24(30)26-7-2)27(15-17-8-10-18(25)11-9-17)23(29)16-28(35(5,31)32)19-12-13-21(33-3)22(14-19)34-4/h8-14,20H,6-7,15-16H2,1-5H3,(H,26,30)/t20-/m1/s1. The molecule has 9 nitrogen and oxygen atoms in total. The van der Waals surface area contributed by atoms with Crippen molar-refractivity contribution in [2.24, 2.45) is 0 Å². The zero-order valence-corrected chi connectivity index (χ0v) is 22.1. The van der Waals surface area contributed by atoms with E-state index in [0.29, 0.717) is 29.5 Å². The number of nitrogens with zero attached hydrogens (tertiary/aromatic N) is 2. The van der Waals surface area contributed by atoms with Gasteiger partial charge in [-0.2, -0.15) is 0 Å². The summed E-state index contributed by atoms with van der Waals surface area (Å²) in [5.74, 6) is -0.104.